The zero-order chi connectivity index (χ0) is 20.9. The zero-order valence-corrected chi connectivity index (χ0v) is 17.8. The number of H-pyrrole nitrogens is 1. The summed E-state index contributed by atoms with van der Waals surface area (Å²) >= 11 is 3.67. The van der Waals surface area contributed by atoms with Crippen LogP contribution in [0, 0.1) is 28.4 Å². The number of fused-ring (bicyclic) bond motifs is 1. The number of nitrogens with zero attached hydrogens (tertiary/aromatic N) is 5. The zero-order valence-electron chi connectivity index (χ0n) is 16.2. The molecule has 1 aliphatic carbocycles. The summed E-state index contributed by atoms with van der Waals surface area (Å²) in [6, 6.07) is 2.00. The van der Waals surface area contributed by atoms with E-state index in [-0.39, 0.29) is 32.8 Å². The molecule has 2 N–H and O–H groups in total. The van der Waals surface area contributed by atoms with E-state index in [9.17, 15) is 15.4 Å². The minimum Gasteiger partial charge on any atom is -0.359 e. The maximum Gasteiger partial charge on any atom is 0.278 e. The number of aromatic amines is 1. The Morgan fingerprint density at radius 2 is 2.00 bits per heavy atom. The summed E-state index contributed by atoms with van der Waals surface area (Å²) in [6.07, 6.45) is 2.22. The number of hydrogen-bond donors (Lipinski definition) is 2. The number of nitro groups is 1. The highest BCUT2D eigenvalue weighted by Crippen LogP contribution is 2.57. The molecule has 1 heterocycles. The number of hydrogen-bond acceptors (Lipinski definition) is 7. The van der Waals surface area contributed by atoms with Crippen molar-refractivity contribution in [2.45, 2.75) is 51.9 Å². The van der Waals surface area contributed by atoms with E-state index in [0.29, 0.717) is 11.3 Å². The average molecular weight is 446 g/mol. The second-order valence-electron chi connectivity index (χ2n) is 8.16. The van der Waals surface area contributed by atoms with Crippen LogP contribution in [0.4, 0.5) is 11.4 Å². The van der Waals surface area contributed by atoms with Crippen molar-refractivity contribution < 1.29 is 4.92 Å². The molecule has 0 fully saturated rings. The normalized spacial score (nSPS) is 17.1. The van der Waals surface area contributed by atoms with Gasteiger partial charge >= 0.3 is 0 Å². The fourth-order valence-electron chi connectivity index (χ4n) is 4.37. The van der Waals surface area contributed by atoms with Gasteiger partial charge in [-0.25, -0.2) is 0 Å². The lowest BCUT2D eigenvalue weighted by Crippen LogP contribution is -2.18. The summed E-state index contributed by atoms with van der Waals surface area (Å²) < 4.78 is 0.767. The SMILES string of the molecule is Cc1c(NC=C(C#N)c2nn[nH]n2)c(Br)c2c(c1[N+](=O)[O-])C(C)(C)CC2(C)C. The van der Waals surface area contributed by atoms with Crippen LogP contribution in [0.5, 0.6) is 0 Å². The van der Waals surface area contributed by atoms with Crippen LogP contribution in [0.15, 0.2) is 10.7 Å². The molecule has 10 heteroatoms. The van der Waals surface area contributed by atoms with Crippen LogP contribution in [0.1, 0.15) is 56.6 Å². The molecule has 9 nitrogen and oxygen atoms in total. The Bertz CT molecular complexity index is 1030. The molecule has 1 aliphatic rings. The largest absolute Gasteiger partial charge is 0.359 e. The van der Waals surface area contributed by atoms with E-state index >= 15 is 0 Å². The summed E-state index contributed by atoms with van der Waals surface area (Å²) in [4.78, 5) is 11.7. The van der Waals surface area contributed by atoms with Crippen LogP contribution in [0.2, 0.25) is 0 Å². The van der Waals surface area contributed by atoms with Crippen LogP contribution < -0.4 is 5.32 Å². The van der Waals surface area contributed by atoms with Crippen LogP contribution in [0.3, 0.4) is 0 Å². The van der Waals surface area contributed by atoms with Crippen molar-refractivity contribution in [3.63, 3.8) is 0 Å². The van der Waals surface area contributed by atoms with E-state index in [2.05, 4.69) is 55.7 Å². The number of rotatable bonds is 4. The molecule has 3 rings (SSSR count). The van der Waals surface area contributed by atoms with Crippen LogP contribution in [-0.4, -0.2) is 25.5 Å². The van der Waals surface area contributed by atoms with Crippen LogP contribution >= 0.6 is 15.9 Å². The summed E-state index contributed by atoms with van der Waals surface area (Å²) in [7, 11) is 0. The third-order valence-electron chi connectivity index (χ3n) is 5.14. The van der Waals surface area contributed by atoms with E-state index in [1.807, 2.05) is 19.9 Å². The number of benzene rings is 1. The second-order valence-corrected chi connectivity index (χ2v) is 8.96. The molecule has 0 radical (unpaired) electrons. The van der Waals surface area contributed by atoms with Gasteiger partial charge in [0.15, 0.2) is 0 Å². The number of halogens is 1. The number of nitro benzene ring substituents is 1. The van der Waals surface area contributed by atoms with Crippen LogP contribution in [-0.2, 0) is 10.8 Å². The summed E-state index contributed by atoms with van der Waals surface area (Å²) in [5.74, 6) is 0.140. The van der Waals surface area contributed by atoms with Gasteiger partial charge in [0.2, 0.25) is 5.82 Å². The molecule has 0 amide bonds. The monoisotopic (exact) mass is 445 g/mol. The standard InChI is InChI=1S/C18H20BrN7O2/c1-9-14(21-7-10(6-20)16-22-24-25-23-16)13(19)11-12(15(9)26(27)28)18(4,5)8-17(11,2)3/h7,21H,8H2,1-5H3,(H,22,23,24,25). The maximum atomic E-state index is 12.0. The summed E-state index contributed by atoms with van der Waals surface area (Å²) in [5.41, 5.74) is 2.43. The van der Waals surface area contributed by atoms with Crippen LogP contribution in [0.25, 0.3) is 5.57 Å². The molecular formula is C18H20BrN7O2. The van der Waals surface area contributed by atoms with Gasteiger partial charge in [0.1, 0.15) is 11.6 Å². The highest BCUT2D eigenvalue weighted by atomic mass is 79.9. The molecule has 0 saturated carbocycles. The van der Waals surface area contributed by atoms with Crippen molar-refractivity contribution in [3.8, 4) is 6.07 Å². The molecule has 0 unspecified atom stereocenters. The van der Waals surface area contributed by atoms with E-state index in [4.69, 9.17) is 0 Å². The molecule has 0 atom stereocenters. The summed E-state index contributed by atoms with van der Waals surface area (Å²) in [5, 5.41) is 37.7. The maximum absolute atomic E-state index is 12.0. The van der Waals surface area contributed by atoms with Gasteiger partial charge < -0.3 is 5.32 Å². The number of allylic oxidation sites excluding steroid dienone is 1. The van der Waals surface area contributed by atoms with Crippen molar-refractivity contribution in [1.29, 1.82) is 5.26 Å². The predicted octanol–water partition coefficient (Wildman–Crippen LogP) is 4.11. The Balaban J connectivity index is 2.24. The van der Waals surface area contributed by atoms with E-state index in [0.717, 1.165) is 22.0 Å². The van der Waals surface area contributed by atoms with Gasteiger partial charge in [-0.2, -0.15) is 10.5 Å². The Kier molecular flexibility index (Phi) is 4.75. The van der Waals surface area contributed by atoms with Gasteiger partial charge in [-0.1, -0.05) is 27.7 Å². The fourth-order valence-corrected chi connectivity index (χ4v) is 5.51. The molecular weight excluding hydrogens is 426 g/mol. The van der Waals surface area contributed by atoms with Crippen molar-refractivity contribution >= 4 is 32.9 Å². The van der Waals surface area contributed by atoms with Gasteiger partial charge in [-0.05, 0) is 50.9 Å². The van der Waals surface area contributed by atoms with Crippen molar-refractivity contribution in [2.24, 2.45) is 0 Å². The van der Waals surface area contributed by atoms with Gasteiger partial charge in [0, 0.05) is 16.2 Å². The predicted molar refractivity (Wildman–Crippen MR) is 108 cm³/mol. The Labute approximate surface area is 170 Å². The first kappa shape index (κ1) is 19.9. The first-order valence-corrected chi connectivity index (χ1v) is 9.42. The fraction of sp³-hybridized carbons (Fsp3) is 0.444. The Hall–Kier alpha value is -2.80. The van der Waals surface area contributed by atoms with E-state index in [1.54, 1.807) is 6.92 Å². The first-order chi connectivity index (χ1) is 13.0. The molecule has 0 bridgehead atoms. The van der Waals surface area contributed by atoms with Crippen molar-refractivity contribution in [1.82, 2.24) is 20.6 Å². The number of tetrazole rings is 1. The van der Waals surface area contributed by atoms with E-state index in [1.165, 1.54) is 6.20 Å². The lowest BCUT2D eigenvalue weighted by atomic mass is 9.81. The number of nitrogens with one attached hydrogen (secondary N) is 2. The minimum absolute atomic E-state index is 0.114. The molecule has 146 valence electrons. The highest BCUT2D eigenvalue weighted by Gasteiger charge is 2.49. The lowest BCUT2D eigenvalue weighted by molar-refractivity contribution is -0.386. The molecule has 2 aromatic rings. The number of anilines is 1. The smallest absolute Gasteiger partial charge is 0.278 e. The van der Waals surface area contributed by atoms with Crippen molar-refractivity contribution in [2.75, 3.05) is 5.32 Å². The molecule has 0 saturated heterocycles. The quantitative estimate of drug-likeness (QED) is 0.410. The van der Waals surface area contributed by atoms with E-state index < -0.39 is 0 Å². The molecule has 0 aliphatic heterocycles. The Morgan fingerprint density at radius 1 is 1.36 bits per heavy atom. The van der Waals surface area contributed by atoms with Crippen molar-refractivity contribution in [3.05, 3.63) is 43.3 Å². The van der Waals surface area contributed by atoms with Gasteiger partial charge in [-0.15, -0.1) is 10.2 Å². The Morgan fingerprint density at radius 3 is 2.54 bits per heavy atom. The third-order valence-corrected chi connectivity index (χ3v) is 5.94. The van der Waals surface area contributed by atoms with Gasteiger partial charge in [-0.3, -0.25) is 10.1 Å². The third kappa shape index (κ3) is 3.05. The average Bonchev–Trinajstić information content (AvgIpc) is 3.15. The van der Waals surface area contributed by atoms with Gasteiger partial charge in [0.05, 0.1) is 16.2 Å². The lowest BCUT2D eigenvalue weighted by Gasteiger charge is -2.23. The van der Waals surface area contributed by atoms with Gasteiger partial charge in [0.25, 0.3) is 5.69 Å². The summed E-state index contributed by atoms with van der Waals surface area (Å²) in [6.45, 7) is 9.96. The second kappa shape index (κ2) is 6.67. The highest BCUT2D eigenvalue weighted by molar-refractivity contribution is 9.10. The number of aromatic nitrogens is 4. The molecule has 1 aromatic carbocycles. The molecule has 1 aromatic heterocycles. The first-order valence-electron chi connectivity index (χ1n) is 8.63. The topological polar surface area (TPSA) is 133 Å². The molecule has 0 spiro atoms. The minimum atomic E-state index is -0.328. The molecule has 28 heavy (non-hydrogen) atoms. The number of nitriles is 1.